The van der Waals surface area contributed by atoms with E-state index in [1.807, 2.05) is 31.2 Å². The lowest BCUT2D eigenvalue weighted by molar-refractivity contribution is -0.116. The molecule has 0 radical (unpaired) electrons. The van der Waals surface area contributed by atoms with E-state index in [0.29, 0.717) is 12.2 Å². The molecule has 1 aromatic heterocycles. The van der Waals surface area contributed by atoms with Gasteiger partial charge in [-0.25, -0.2) is 9.18 Å². The second kappa shape index (κ2) is 7.82. The van der Waals surface area contributed by atoms with Crippen molar-refractivity contribution in [1.82, 2.24) is 9.13 Å². The monoisotopic (exact) mass is 367 g/mol. The summed E-state index contributed by atoms with van der Waals surface area (Å²) in [6, 6.07) is 14.1. The lowest BCUT2D eigenvalue weighted by atomic mass is 10.1. The van der Waals surface area contributed by atoms with E-state index in [-0.39, 0.29) is 0 Å². The number of benzene rings is 2. The Morgan fingerprint density at radius 3 is 2.33 bits per heavy atom. The topological polar surface area (TPSA) is 73.1 Å². The molecule has 138 valence electrons. The Hall–Kier alpha value is -3.48. The quantitative estimate of drug-likeness (QED) is 0.751. The number of nitrogens with zero attached hydrogens (tertiary/aromatic N) is 2. The van der Waals surface area contributed by atoms with E-state index in [1.165, 1.54) is 41.1 Å². The Morgan fingerprint density at radius 2 is 1.67 bits per heavy atom. The van der Waals surface area contributed by atoms with Crippen LogP contribution in [-0.4, -0.2) is 15.0 Å². The molecular weight excluding hydrogens is 349 g/mol. The number of aromatic nitrogens is 2. The van der Waals surface area contributed by atoms with E-state index >= 15 is 0 Å². The number of halogens is 1. The molecule has 0 aliphatic heterocycles. The Bertz CT molecular complexity index is 1070. The van der Waals surface area contributed by atoms with Gasteiger partial charge in [0.1, 0.15) is 12.4 Å². The van der Waals surface area contributed by atoms with Crippen LogP contribution in [0.15, 0.2) is 70.4 Å². The number of nitrogens with one attached hydrogen (secondary N) is 1. The second-order valence-corrected chi connectivity index (χ2v) is 6.19. The van der Waals surface area contributed by atoms with Crippen molar-refractivity contribution >= 4 is 11.6 Å². The molecule has 0 saturated heterocycles. The molecule has 27 heavy (non-hydrogen) atoms. The van der Waals surface area contributed by atoms with E-state index in [9.17, 15) is 18.8 Å². The number of hydrogen-bond donors (Lipinski definition) is 1. The number of carbonyl (C=O) groups is 1. The lowest BCUT2D eigenvalue weighted by Crippen LogP contribution is -2.41. The van der Waals surface area contributed by atoms with E-state index in [1.54, 1.807) is 0 Å². The number of carbonyl (C=O) groups excluding carboxylic acids is 1. The highest BCUT2D eigenvalue weighted by Gasteiger charge is 2.11. The van der Waals surface area contributed by atoms with Crippen molar-refractivity contribution in [3.8, 4) is 0 Å². The van der Waals surface area contributed by atoms with Crippen LogP contribution in [-0.2, 0) is 17.9 Å². The highest BCUT2D eigenvalue weighted by atomic mass is 19.1. The van der Waals surface area contributed by atoms with Crippen molar-refractivity contribution < 1.29 is 9.18 Å². The van der Waals surface area contributed by atoms with Gasteiger partial charge in [0, 0.05) is 18.0 Å². The summed E-state index contributed by atoms with van der Waals surface area (Å²) in [6.07, 6.45) is 1.42. The molecule has 0 aliphatic rings. The number of anilines is 1. The molecule has 0 aliphatic carbocycles. The van der Waals surface area contributed by atoms with E-state index in [0.717, 1.165) is 15.7 Å². The fourth-order valence-corrected chi connectivity index (χ4v) is 2.59. The van der Waals surface area contributed by atoms with Gasteiger partial charge in [-0.2, -0.15) is 0 Å². The molecule has 7 heteroatoms. The Labute approximate surface area is 154 Å². The summed E-state index contributed by atoms with van der Waals surface area (Å²) in [5.74, 6) is -0.972. The summed E-state index contributed by atoms with van der Waals surface area (Å²) in [6.45, 7) is 1.83. The predicted molar refractivity (Wildman–Crippen MR) is 100 cm³/mol. The molecule has 0 spiro atoms. The SMILES string of the molecule is Cc1ccc(Cn2ccc(=O)n(CC(=O)Nc3ccc(F)cc3)c2=O)cc1. The number of aryl methyl sites for hydroxylation is 1. The highest BCUT2D eigenvalue weighted by molar-refractivity contribution is 5.90. The normalized spacial score (nSPS) is 10.6. The predicted octanol–water partition coefficient (Wildman–Crippen LogP) is 2.14. The third kappa shape index (κ3) is 4.58. The van der Waals surface area contributed by atoms with Gasteiger partial charge in [-0.15, -0.1) is 0 Å². The average Bonchev–Trinajstić information content (AvgIpc) is 2.65. The molecule has 3 aromatic rings. The van der Waals surface area contributed by atoms with Crippen molar-refractivity contribution in [2.75, 3.05) is 5.32 Å². The van der Waals surface area contributed by atoms with Crippen LogP contribution in [0.4, 0.5) is 10.1 Å². The first-order valence-electron chi connectivity index (χ1n) is 8.33. The van der Waals surface area contributed by atoms with Crippen LogP contribution in [0.2, 0.25) is 0 Å². The van der Waals surface area contributed by atoms with Crippen LogP contribution in [0, 0.1) is 12.7 Å². The van der Waals surface area contributed by atoms with Crippen LogP contribution < -0.4 is 16.6 Å². The summed E-state index contributed by atoms with van der Waals surface area (Å²) in [5.41, 5.74) is 1.26. The van der Waals surface area contributed by atoms with Gasteiger partial charge in [-0.1, -0.05) is 29.8 Å². The van der Waals surface area contributed by atoms with Crippen LogP contribution in [0.1, 0.15) is 11.1 Å². The van der Waals surface area contributed by atoms with Crippen LogP contribution in [0.3, 0.4) is 0 Å². The molecule has 0 bridgehead atoms. The summed E-state index contributed by atoms with van der Waals surface area (Å²) in [4.78, 5) is 36.8. The minimum Gasteiger partial charge on any atom is -0.325 e. The Kier molecular flexibility index (Phi) is 5.30. The van der Waals surface area contributed by atoms with Crippen LogP contribution in [0.5, 0.6) is 0 Å². The van der Waals surface area contributed by atoms with Gasteiger partial charge in [0.25, 0.3) is 5.56 Å². The van der Waals surface area contributed by atoms with Gasteiger partial charge in [-0.3, -0.25) is 18.7 Å². The van der Waals surface area contributed by atoms with Crippen molar-refractivity contribution in [3.05, 3.63) is 98.6 Å². The smallest absolute Gasteiger partial charge is 0.325 e. The van der Waals surface area contributed by atoms with Gasteiger partial charge in [0.2, 0.25) is 5.91 Å². The second-order valence-electron chi connectivity index (χ2n) is 6.19. The lowest BCUT2D eigenvalue weighted by Gasteiger charge is -2.10. The number of rotatable bonds is 5. The summed E-state index contributed by atoms with van der Waals surface area (Å²) >= 11 is 0. The largest absolute Gasteiger partial charge is 0.331 e. The van der Waals surface area contributed by atoms with E-state index in [2.05, 4.69) is 5.32 Å². The molecule has 0 atom stereocenters. The van der Waals surface area contributed by atoms with Crippen molar-refractivity contribution in [2.45, 2.75) is 20.0 Å². The molecule has 6 nitrogen and oxygen atoms in total. The van der Waals surface area contributed by atoms with Crippen LogP contribution >= 0.6 is 0 Å². The summed E-state index contributed by atoms with van der Waals surface area (Å²) in [7, 11) is 0. The molecule has 1 heterocycles. The zero-order valence-electron chi connectivity index (χ0n) is 14.7. The fourth-order valence-electron chi connectivity index (χ4n) is 2.59. The first-order chi connectivity index (χ1) is 12.9. The molecule has 0 saturated carbocycles. The maximum Gasteiger partial charge on any atom is 0.331 e. The maximum atomic E-state index is 12.9. The highest BCUT2D eigenvalue weighted by Crippen LogP contribution is 2.08. The average molecular weight is 367 g/mol. The fraction of sp³-hybridized carbons (Fsp3) is 0.150. The summed E-state index contributed by atoms with van der Waals surface area (Å²) < 4.78 is 15.2. The maximum absolute atomic E-state index is 12.9. The van der Waals surface area contributed by atoms with Crippen molar-refractivity contribution in [2.24, 2.45) is 0 Å². The Balaban J connectivity index is 1.79. The molecule has 3 rings (SSSR count). The molecular formula is C20H18FN3O3. The number of amides is 1. The van der Waals surface area contributed by atoms with Gasteiger partial charge in [0.05, 0.1) is 6.54 Å². The number of hydrogen-bond acceptors (Lipinski definition) is 3. The standard InChI is InChI=1S/C20H18FN3O3/c1-14-2-4-15(5-3-14)12-23-11-10-19(26)24(20(23)27)13-18(25)22-17-8-6-16(21)7-9-17/h2-11H,12-13H2,1H3,(H,22,25). The molecule has 0 fully saturated rings. The molecule has 2 aromatic carbocycles. The van der Waals surface area contributed by atoms with E-state index in [4.69, 9.17) is 0 Å². The minimum absolute atomic E-state index is 0.291. The first kappa shape index (κ1) is 18.3. The van der Waals surface area contributed by atoms with Gasteiger partial charge in [-0.05, 0) is 36.8 Å². The van der Waals surface area contributed by atoms with Crippen molar-refractivity contribution in [3.63, 3.8) is 0 Å². The van der Waals surface area contributed by atoms with Crippen LogP contribution in [0.25, 0.3) is 0 Å². The third-order valence-electron chi connectivity index (χ3n) is 4.04. The minimum atomic E-state index is -0.572. The first-order valence-corrected chi connectivity index (χ1v) is 8.33. The van der Waals surface area contributed by atoms with Gasteiger partial charge < -0.3 is 5.32 Å². The van der Waals surface area contributed by atoms with Gasteiger partial charge >= 0.3 is 5.69 Å². The zero-order chi connectivity index (χ0) is 19.4. The van der Waals surface area contributed by atoms with E-state index < -0.39 is 29.5 Å². The summed E-state index contributed by atoms with van der Waals surface area (Å²) in [5, 5.41) is 2.53. The molecule has 0 unspecified atom stereocenters. The zero-order valence-corrected chi connectivity index (χ0v) is 14.7. The third-order valence-corrected chi connectivity index (χ3v) is 4.04. The molecule has 1 amide bonds. The van der Waals surface area contributed by atoms with Crippen molar-refractivity contribution in [1.29, 1.82) is 0 Å². The van der Waals surface area contributed by atoms with Gasteiger partial charge in [0.15, 0.2) is 0 Å². The molecule has 1 N–H and O–H groups in total. The Morgan fingerprint density at radius 1 is 1.00 bits per heavy atom.